The molecule has 0 aliphatic carbocycles. The van der Waals surface area contributed by atoms with Gasteiger partial charge in [0.2, 0.25) is 5.89 Å². The molecule has 0 aliphatic rings. The predicted octanol–water partition coefficient (Wildman–Crippen LogP) is 3.73. The third-order valence-electron chi connectivity index (χ3n) is 3.04. The van der Waals surface area contributed by atoms with E-state index in [4.69, 9.17) is 4.42 Å². The Kier molecular flexibility index (Phi) is 7.59. The monoisotopic (exact) mass is 282 g/mol. The molecule has 0 aromatic carbocycles. The fourth-order valence-electron chi connectivity index (χ4n) is 1.84. The van der Waals surface area contributed by atoms with E-state index < -0.39 is 0 Å². The van der Waals surface area contributed by atoms with E-state index in [0.717, 1.165) is 13.0 Å². The molecular weight excluding hydrogens is 252 g/mol. The van der Waals surface area contributed by atoms with Gasteiger partial charge in [-0.15, -0.1) is 5.10 Å². The minimum Gasteiger partial charge on any atom is -0.407 e. The maximum absolute atomic E-state index is 5.53. The molecule has 1 rings (SSSR count). The van der Waals surface area contributed by atoms with Crippen LogP contribution in [0.15, 0.2) is 4.42 Å². The van der Waals surface area contributed by atoms with Crippen LogP contribution in [-0.4, -0.2) is 22.3 Å². The molecule has 5 nitrogen and oxygen atoms in total. The van der Waals surface area contributed by atoms with Crippen molar-refractivity contribution < 1.29 is 4.42 Å². The molecule has 0 unspecified atom stereocenters. The molecule has 0 fully saturated rings. The second-order valence-corrected chi connectivity index (χ2v) is 6.30. The zero-order valence-corrected chi connectivity index (χ0v) is 13.5. The third kappa shape index (κ3) is 8.15. The Morgan fingerprint density at radius 2 is 1.70 bits per heavy atom. The van der Waals surface area contributed by atoms with Crippen molar-refractivity contribution in [3.8, 4) is 0 Å². The van der Waals surface area contributed by atoms with Gasteiger partial charge in [-0.25, -0.2) is 0 Å². The Labute approximate surface area is 122 Å². The molecule has 5 heteroatoms. The molecular formula is C15H30N4O. The average Bonchev–Trinajstić information content (AvgIpc) is 2.82. The van der Waals surface area contributed by atoms with E-state index >= 15 is 0 Å². The first-order valence-electron chi connectivity index (χ1n) is 7.82. The lowest BCUT2D eigenvalue weighted by atomic mass is 10.1. The summed E-state index contributed by atoms with van der Waals surface area (Å²) in [4.78, 5) is 0. The van der Waals surface area contributed by atoms with Gasteiger partial charge in [-0.3, -0.25) is 0 Å². The highest BCUT2D eigenvalue weighted by Gasteiger charge is 2.11. The molecule has 0 bridgehead atoms. The van der Waals surface area contributed by atoms with Gasteiger partial charge in [-0.05, 0) is 27.2 Å². The molecule has 1 heterocycles. The summed E-state index contributed by atoms with van der Waals surface area (Å²) in [5.74, 6) is 0.630. The first kappa shape index (κ1) is 17.0. The van der Waals surface area contributed by atoms with Gasteiger partial charge < -0.3 is 15.1 Å². The standard InChI is InChI=1S/C15H30N4O/c1-5-6-7-8-9-10-11-16-14-19-18-13(20-14)12-17-15(2,3)4/h17H,5-12H2,1-4H3,(H,16,19). The summed E-state index contributed by atoms with van der Waals surface area (Å²) in [7, 11) is 0. The van der Waals surface area contributed by atoms with E-state index in [0.29, 0.717) is 18.5 Å². The number of nitrogens with one attached hydrogen (secondary N) is 2. The number of hydrogen-bond acceptors (Lipinski definition) is 5. The van der Waals surface area contributed by atoms with Crippen molar-refractivity contribution in [3.63, 3.8) is 0 Å². The maximum Gasteiger partial charge on any atom is 0.315 e. The summed E-state index contributed by atoms with van der Waals surface area (Å²) in [6.45, 7) is 10.1. The average molecular weight is 282 g/mol. The third-order valence-corrected chi connectivity index (χ3v) is 3.04. The van der Waals surface area contributed by atoms with Gasteiger partial charge in [0.15, 0.2) is 0 Å². The minimum atomic E-state index is 0.0561. The van der Waals surface area contributed by atoms with Crippen molar-refractivity contribution in [2.75, 3.05) is 11.9 Å². The molecule has 0 radical (unpaired) electrons. The van der Waals surface area contributed by atoms with Crippen molar-refractivity contribution in [3.05, 3.63) is 5.89 Å². The maximum atomic E-state index is 5.53. The number of hydrogen-bond donors (Lipinski definition) is 2. The first-order chi connectivity index (χ1) is 9.51. The van der Waals surface area contributed by atoms with Crippen LogP contribution in [0.3, 0.4) is 0 Å². The molecule has 2 N–H and O–H groups in total. The van der Waals surface area contributed by atoms with Crippen LogP contribution in [0, 0.1) is 0 Å². The van der Waals surface area contributed by atoms with Crippen LogP contribution >= 0.6 is 0 Å². The quantitative estimate of drug-likeness (QED) is 0.640. The number of rotatable bonds is 10. The molecule has 0 saturated carbocycles. The van der Waals surface area contributed by atoms with Gasteiger partial charge in [0.1, 0.15) is 0 Å². The van der Waals surface area contributed by atoms with Crippen molar-refractivity contribution in [1.29, 1.82) is 0 Å². The van der Waals surface area contributed by atoms with E-state index in [-0.39, 0.29) is 5.54 Å². The molecule has 0 aliphatic heterocycles. The van der Waals surface area contributed by atoms with Gasteiger partial charge in [0.25, 0.3) is 0 Å². The highest BCUT2D eigenvalue weighted by molar-refractivity contribution is 5.16. The molecule has 0 saturated heterocycles. The number of anilines is 1. The zero-order chi connectivity index (χ0) is 14.8. The Hall–Kier alpha value is -1.10. The fraction of sp³-hybridized carbons (Fsp3) is 0.867. The van der Waals surface area contributed by atoms with Crippen molar-refractivity contribution >= 4 is 6.01 Å². The van der Waals surface area contributed by atoms with Gasteiger partial charge in [-0.1, -0.05) is 44.1 Å². The van der Waals surface area contributed by atoms with Gasteiger partial charge >= 0.3 is 6.01 Å². The summed E-state index contributed by atoms with van der Waals surface area (Å²) >= 11 is 0. The zero-order valence-electron chi connectivity index (χ0n) is 13.5. The summed E-state index contributed by atoms with van der Waals surface area (Å²) in [6.07, 6.45) is 7.73. The number of unbranched alkanes of at least 4 members (excludes halogenated alkanes) is 5. The van der Waals surface area contributed by atoms with Crippen molar-refractivity contribution in [2.45, 2.75) is 78.3 Å². The van der Waals surface area contributed by atoms with Crippen LogP contribution in [-0.2, 0) is 6.54 Å². The Morgan fingerprint density at radius 3 is 2.40 bits per heavy atom. The Morgan fingerprint density at radius 1 is 1.00 bits per heavy atom. The summed E-state index contributed by atoms with van der Waals surface area (Å²) in [6, 6.07) is 0.532. The topological polar surface area (TPSA) is 63.0 Å². The number of aromatic nitrogens is 2. The molecule has 0 atom stereocenters. The van der Waals surface area contributed by atoms with Crippen LogP contribution in [0.1, 0.15) is 72.1 Å². The molecule has 0 spiro atoms. The Bertz CT molecular complexity index is 357. The normalized spacial score (nSPS) is 11.8. The van der Waals surface area contributed by atoms with E-state index in [9.17, 15) is 0 Å². The number of nitrogens with zero attached hydrogens (tertiary/aromatic N) is 2. The van der Waals surface area contributed by atoms with Gasteiger partial charge in [-0.2, -0.15) is 0 Å². The highest BCUT2D eigenvalue weighted by atomic mass is 16.4. The smallest absolute Gasteiger partial charge is 0.315 e. The predicted molar refractivity (Wildman–Crippen MR) is 82.8 cm³/mol. The van der Waals surface area contributed by atoms with Crippen LogP contribution < -0.4 is 10.6 Å². The van der Waals surface area contributed by atoms with Gasteiger partial charge in [0, 0.05) is 12.1 Å². The minimum absolute atomic E-state index is 0.0561. The Balaban J connectivity index is 2.11. The first-order valence-corrected chi connectivity index (χ1v) is 7.82. The van der Waals surface area contributed by atoms with Crippen molar-refractivity contribution in [1.82, 2.24) is 15.5 Å². The fourth-order valence-corrected chi connectivity index (χ4v) is 1.84. The van der Waals surface area contributed by atoms with Gasteiger partial charge in [0.05, 0.1) is 6.54 Å². The van der Waals surface area contributed by atoms with Crippen LogP contribution in [0.25, 0.3) is 0 Å². The van der Waals surface area contributed by atoms with E-state index in [2.05, 4.69) is 48.5 Å². The SMILES string of the molecule is CCCCCCCCNc1nnc(CNC(C)(C)C)o1. The van der Waals surface area contributed by atoms with Crippen LogP contribution in [0.5, 0.6) is 0 Å². The van der Waals surface area contributed by atoms with Crippen LogP contribution in [0.2, 0.25) is 0 Å². The summed E-state index contributed by atoms with van der Waals surface area (Å²) in [5, 5.41) is 14.5. The second-order valence-electron chi connectivity index (χ2n) is 6.30. The molecule has 1 aromatic rings. The summed E-state index contributed by atoms with van der Waals surface area (Å²) < 4.78 is 5.53. The lowest BCUT2D eigenvalue weighted by Crippen LogP contribution is -2.35. The lowest BCUT2D eigenvalue weighted by molar-refractivity contribution is 0.383. The lowest BCUT2D eigenvalue weighted by Gasteiger charge is -2.18. The molecule has 20 heavy (non-hydrogen) atoms. The molecule has 1 aromatic heterocycles. The highest BCUT2D eigenvalue weighted by Crippen LogP contribution is 2.09. The van der Waals surface area contributed by atoms with E-state index in [1.165, 1.54) is 32.1 Å². The van der Waals surface area contributed by atoms with E-state index in [1.807, 2.05) is 0 Å². The second kappa shape index (κ2) is 8.95. The summed E-state index contributed by atoms with van der Waals surface area (Å²) in [5.41, 5.74) is 0.0561. The molecule has 0 amide bonds. The van der Waals surface area contributed by atoms with E-state index in [1.54, 1.807) is 0 Å². The van der Waals surface area contributed by atoms with Crippen LogP contribution in [0.4, 0.5) is 6.01 Å². The van der Waals surface area contributed by atoms with Crippen molar-refractivity contribution in [2.24, 2.45) is 0 Å². The molecule has 116 valence electrons. The largest absolute Gasteiger partial charge is 0.407 e.